The minimum Gasteiger partial charge on any atom is -0.326 e. The maximum atomic E-state index is 12.2. The lowest BCUT2D eigenvalue weighted by molar-refractivity contribution is 0.391. The second-order valence-corrected chi connectivity index (χ2v) is 7.52. The third kappa shape index (κ3) is 3.78. The predicted octanol–water partition coefficient (Wildman–Crippen LogP) is 2.31. The van der Waals surface area contributed by atoms with Crippen molar-refractivity contribution >= 4 is 21.4 Å². The highest BCUT2D eigenvalue weighted by Gasteiger charge is 2.23. The number of thiophene rings is 1. The highest BCUT2D eigenvalue weighted by Crippen LogP contribution is 2.22. The minimum absolute atomic E-state index is 0.0478. The highest BCUT2D eigenvalue weighted by atomic mass is 32.2. The summed E-state index contributed by atoms with van der Waals surface area (Å²) in [5, 5.41) is 0. The van der Waals surface area contributed by atoms with E-state index in [0.29, 0.717) is 16.7 Å². The molecule has 0 saturated carbocycles. The van der Waals surface area contributed by atoms with Crippen molar-refractivity contribution in [1.82, 2.24) is 4.72 Å². The molecule has 1 unspecified atom stereocenters. The number of hydrogen-bond acceptors (Lipinski definition) is 4. The summed E-state index contributed by atoms with van der Waals surface area (Å²) >= 11 is 1.23. The Morgan fingerprint density at radius 3 is 2.39 bits per heavy atom. The summed E-state index contributed by atoms with van der Waals surface area (Å²) in [6, 6.07) is 3.34. The van der Waals surface area contributed by atoms with Crippen LogP contribution < -0.4 is 10.5 Å². The number of nitrogens with two attached hydrogens (primary N) is 1. The molecule has 6 heteroatoms. The molecule has 0 aliphatic carbocycles. The molecule has 3 N–H and O–H groups in total. The summed E-state index contributed by atoms with van der Waals surface area (Å²) in [6.07, 6.45) is 1.94. The molecule has 0 amide bonds. The fraction of sp³-hybridized carbons (Fsp3) is 0.667. The van der Waals surface area contributed by atoms with Crippen molar-refractivity contribution in [3.05, 3.63) is 17.0 Å². The molecular weight excluding hydrogens is 268 g/mol. The topological polar surface area (TPSA) is 72.2 Å². The molecule has 0 aliphatic rings. The zero-order valence-corrected chi connectivity index (χ0v) is 12.8. The van der Waals surface area contributed by atoms with Crippen LogP contribution in [0.1, 0.15) is 38.5 Å². The van der Waals surface area contributed by atoms with Crippen LogP contribution in [0.15, 0.2) is 16.3 Å². The van der Waals surface area contributed by atoms with E-state index in [9.17, 15) is 8.42 Å². The molecule has 0 aliphatic heterocycles. The summed E-state index contributed by atoms with van der Waals surface area (Å²) in [5.41, 5.74) is 5.49. The third-order valence-corrected chi connectivity index (χ3v) is 6.36. The van der Waals surface area contributed by atoms with E-state index in [1.807, 2.05) is 6.92 Å². The van der Waals surface area contributed by atoms with Gasteiger partial charge in [-0.15, -0.1) is 11.3 Å². The molecule has 0 aromatic carbocycles. The summed E-state index contributed by atoms with van der Waals surface area (Å²) in [5.74, 6) is 0.369. The predicted molar refractivity (Wildman–Crippen MR) is 76.1 cm³/mol. The monoisotopic (exact) mass is 290 g/mol. The van der Waals surface area contributed by atoms with Gasteiger partial charge >= 0.3 is 0 Å². The van der Waals surface area contributed by atoms with Crippen molar-refractivity contribution < 1.29 is 8.42 Å². The van der Waals surface area contributed by atoms with Gasteiger partial charge in [-0.2, -0.15) is 0 Å². The molecular formula is C12H22N2O2S2. The van der Waals surface area contributed by atoms with E-state index in [4.69, 9.17) is 5.73 Å². The molecule has 18 heavy (non-hydrogen) atoms. The van der Waals surface area contributed by atoms with Crippen molar-refractivity contribution in [2.24, 2.45) is 11.7 Å². The average Bonchev–Trinajstić information content (AvgIpc) is 2.79. The summed E-state index contributed by atoms with van der Waals surface area (Å²) in [6.45, 7) is 6.46. The average molecular weight is 290 g/mol. The first-order valence-corrected chi connectivity index (χ1v) is 8.55. The first-order valence-electron chi connectivity index (χ1n) is 6.25. The second kappa shape index (κ2) is 6.65. The van der Waals surface area contributed by atoms with E-state index in [-0.39, 0.29) is 6.04 Å². The van der Waals surface area contributed by atoms with Gasteiger partial charge < -0.3 is 5.73 Å². The van der Waals surface area contributed by atoms with Gasteiger partial charge in [0.2, 0.25) is 10.0 Å². The summed E-state index contributed by atoms with van der Waals surface area (Å²) in [7, 11) is -3.40. The first kappa shape index (κ1) is 15.6. The molecule has 0 saturated heterocycles. The standard InChI is InChI=1S/C12H22N2O2S2/c1-4-10(5-2)9(3)14-18(15,16)12-7-6-11(8-13)17-12/h6-7,9-10,14H,4-5,8,13H2,1-3H3. The molecule has 0 spiro atoms. The Morgan fingerprint density at radius 1 is 1.33 bits per heavy atom. The van der Waals surface area contributed by atoms with Crippen LogP contribution in [0.5, 0.6) is 0 Å². The Morgan fingerprint density at radius 2 is 1.94 bits per heavy atom. The Hall–Kier alpha value is -0.430. The lowest BCUT2D eigenvalue weighted by Crippen LogP contribution is -2.37. The van der Waals surface area contributed by atoms with Gasteiger partial charge in [-0.05, 0) is 25.0 Å². The molecule has 1 heterocycles. The fourth-order valence-electron chi connectivity index (χ4n) is 2.01. The van der Waals surface area contributed by atoms with Crippen LogP contribution in [0, 0.1) is 5.92 Å². The van der Waals surface area contributed by atoms with Crippen LogP contribution in [0.3, 0.4) is 0 Å². The molecule has 1 atom stereocenters. The van der Waals surface area contributed by atoms with E-state index >= 15 is 0 Å². The smallest absolute Gasteiger partial charge is 0.250 e. The lowest BCUT2D eigenvalue weighted by Gasteiger charge is -2.21. The Kier molecular flexibility index (Phi) is 5.78. The number of nitrogens with one attached hydrogen (secondary N) is 1. The van der Waals surface area contributed by atoms with Gasteiger partial charge in [0.05, 0.1) is 0 Å². The number of hydrogen-bond donors (Lipinski definition) is 2. The van der Waals surface area contributed by atoms with E-state index in [2.05, 4.69) is 18.6 Å². The van der Waals surface area contributed by atoms with E-state index in [0.717, 1.165) is 17.7 Å². The third-order valence-electron chi connectivity index (χ3n) is 3.20. The molecule has 1 aromatic heterocycles. The molecule has 0 radical (unpaired) electrons. The van der Waals surface area contributed by atoms with Gasteiger partial charge in [-0.3, -0.25) is 0 Å². The van der Waals surface area contributed by atoms with Gasteiger partial charge in [0.15, 0.2) is 0 Å². The van der Waals surface area contributed by atoms with Crippen LogP contribution in [-0.2, 0) is 16.6 Å². The number of sulfonamides is 1. The van der Waals surface area contributed by atoms with Gasteiger partial charge in [0, 0.05) is 17.5 Å². The van der Waals surface area contributed by atoms with Gasteiger partial charge in [-0.1, -0.05) is 26.7 Å². The van der Waals surface area contributed by atoms with Crippen LogP contribution in [0.25, 0.3) is 0 Å². The van der Waals surface area contributed by atoms with Gasteiger partial charge in [0.1, 0.15) is 4.21 Å². The van der Waals surface area contributed by atoms with Crippen molar-refractivity contribution in [1.29, 1.82) is 0 Å². The van der Waals surface area contributed by atoms with Crippen molar-refractivity contribution in [3.63, 3.8) is 0 Å². The van der Waals surface area contributed by atoms with Crippen LogP contribution >= 0.6 is 11.3 Å². The van der Waals surface area contributed by atoms with Gasteiger partial charge in [-0.25, -0.2) is 13.1 Å². The Balaban J connectivity index is 2.81. The molecule has 0 bridgehead atoms. The summed E-state index contributed by atoms with van der Waals surface area (Å²) < 4.78 is 27.4. The zero-order chi connectivity index (χ0) is 13.8. The highest BCUT2D eigenvalue weighted by molar-refractivity contribution is 7.91. The summed E-state index contributed by atoms with van der Waals surface area (Å²) in [4.78, 5) is 0.880. The van der Waals surface area contributed by atoms with Gasteiger partial charge in [0.25, 0.3) is 0 Å². The largest absolute Gasteiger partial charge is 0.326 e. The first-order chi connectivity index (χ1) is 8.44. The SMILES string of the molecule is CCC(CC)C(C)NS(=O)(=O)c1ccc(CN)s1. The minimum atomic E-state index is -3.40. The molecule has 104 valence electrons. The Labute approximate surface area is 114 Å². The normalized spacial score (nSPS) is 14.1. The fourth-order valence-corrected chi connectivity index (χ4v) is 4.57. The maximum Gasteiger partial charge on any atom is 0.250 e. The molecule has 4 nitrogen and oxygen atoms in total. The van der Waals surface area contributed by atoms with Crippen LogP contribution in [0.4, 0.5) is 0 Å². The second-order valence-electron chi connectivity index (χ2n) is 4.41. The van der Waals surface area contributed by atoms with Crippen molar-refractivity contribution in [3.8, 4) is 0 Å². The van der Waals surface area contributed by atoms with Crippen molar-refractivity contribution in [2.75, 3.05) is 0 Å². The molecule has 0 fully saturated rings. The number of rotatable bonds is 7. The van der Waals surface area contributed by atoms with E-state index in [1.165, 1.54) is 11.3 Å². The van der Waals surface area contributed by atoms with E-state index in [1.54, 1.807) is 12.1 Å². The lowest BCUT2D eigenvalue weighted by atomic mass is 9.96. The Bertz CT molecular complexity index is 464. The zero-order valence-electron chi connectivity index (χ0n) is 11.1. The maximum absolute atomic E-state index is 12.2. The van der Waals surface area contributed by atoms with Crippen LogP contribution in [-0.4, -0.2) is 14.5 Å². The van der Waals surface area contributed by atoms with Crippen molar-refractivity contribution in [2.45, 2.75) is 50.4 Å². The molecule has 1 aromatic rings. The quantitative estimate of drug-likeness (QED) is 0.809. The molecule has 1 rings (SSSR count). The van der Waals surface area contributed by atoms with Crippen LogP contribution in [0.2, 0.25) is 0 Å². The van der Waals surface area contributed by atoms with E-state index < -0.39 is 10.0 Å².